The average Bonchev–Trinajstić information content (AvgIpc) is 3.08. The largest absolute Gasteiger partial charge is 0.339 e. The first-order valence-corrected chi connectivity index (χ1v) is 8.78. The van der Waals surface area contributed by atoms with E-state index < -0.39 is 0 Å². The smallest absolute Gasteiger partial charge is 0.256 e. The van der Waals surface area contributed by atoms with E-state index in [4.69, 9.17) is 0 Å². The Kier molecular flexibility index (Phi) is 5.37. The highest BCUT2D eigenvalue weighted by atomic mass is 16.2. The third kappa shape index (κ3) is 3.94. The molecule has 0 saturated carbocycles. The first kappa shape index (κ1) is 18.1. The predicted octanol–water partition coefficient (Wildman–Crippen LogP) is 1.24. The molecule has 2 amide bonds. The van der Waals surface area contributed by atoms with Crippen LogP contribution in [0.3, 0.4) is 0 Å². The molecule has 2 heterocycles. The van der Waals surface area contributed by atoms with Crippen LogP contribution < -0.4 is 0 Å². The molecule has 0 radical (unpaired) electrons. The predicted molar refractivity (Wildman–Crippen MR) is 99.1 cm³/mol. The van der Waals surface area contributed by atoms with Crippen molar-refractivity contribution in [3.8, 4) is 5.69 Å². The molecule has 0 aliphatic carbocycles. The van der Waals surface area contributed by atoms with E-state index in [1.807, 2.05) is 55.7 Å². The Morgan fingerprint density at radius 2 is 1.73 bits per heavy atom. The zero-order chi connectivity index (χ0) is 18.7. The lowest BCUT2D eigenvalue weighted by Gasteiger charge is -2.34. The maximum Gasteiger partial charge on any atom is 0.256 e. The van der Waals surface area contributed by atoms with E-state index in [0.717, 1.165) is 17.8 Å². The van der Waals surface area contributed by atoms with E-state index in [1.54, 1.807) is 16.5 Å². The number of hydrogen-bond donors (Lipinski definition) is 0. The van der Waals surface area contributed by atoms with E-state index in [0.29, 0.717) is 31.7 Å². The molecule has 7 heteroatoms. The minimum absolute atomic E-state index is 0.0199. The number of aromatic nitrogens is 2. The molecule has 1 aromatic carbocycles. The molecule has 0 atom stereocenters. The molecule has 1 fully saturated rings. The van der Waals surface area contributed by atoms with Crippen LogP contribution in [0.25, 0.3) is 5.69 Å². The second kappa shape index (κ2) is 7.70. The standard InChI is InChI=1S/C19H25N5O2/c1-15(25)22-8-10-23(11-9-22)19(26)17-6-4-5-7-18(17)24-14-16(12-20-24)13-21(2)3/h4-7,12,14H,8-11,13H2,1-3H3. The van der Waals surface area contributed by atoms with Crippen molar-refractivity contribution in [2.45, 2.75) is 13.5 Å². The van der Waals surface area contributed by atoms with Gasteiger partial charge in [0.2, 0.25) is 5.91 Å². The van der Waals surface area contributed by atoms with Gasteiger partial charge < -0.3 is 14.7 Å². The molecule has 0 N–H and O–H groups in total. The second-order valence-electron chi connectivity index (χ2n) is 6.85. The summed E-state index contributed by atoms with van der Waals surface area (Å²) in [7, 11) is 4.02. The van der Waals surface area contributed by atoms with Gasteiger partial charge in [0.05, 0.1) is 17.4 Å². The van der Waals surface area contributed by atoms with Gasteiger partial charge in [-0.2, -0.15) is 5.10 Å². The van der Waals surface area contributed by atoms with Crippen molar-refractivity contribution in [3.05, 3.63) is 47.8 Å². The lowest BCUT2D eigenvalue weighted by atomic mass is 10.1. The van der Waals surface area contributed by atoms with Crippen molar-refractivity contribution in [1.82, 2.24) is 24.5 Å². The van der Waals surface area contributed by atoms with Gasteiger partial charge in [-0.15, -0.1) is 0 Å². The van der Waals surface area contributed by atoms with Crippen LogP contribution in [-0.4, -0.2) is 76.6 Å². The fraction of sp³-hybridized carbons (Fsp3) is 0.421. The summed E-state index contributed by atoms with van der Waals surface area (Å²) in [5.74, 6) is 0.0379. The molecule has 1 saturated heterocycles. The van der Waals surface area contributed by atoms with Crippen molar-refractivity contribution < 1.29 is 9.59 Å². The van der Waals surface area contributed by atoms with Crippen LogP contribution >= 0.6 is 0 Å². The van der Waals surface area contributed by atoms with Gasteiger partial charge in [-0.3, -0.25) is 9.59 Å². The maximum atomic E-state index is 13.0. The molecule has 7 nitrogen and oxygen atoms in total. The number of nitrogens with zero attached hydrogens (tertiary/aromatic N) is 5. The number of piperazine rings is 1. The molecule has 0 spiro atoms. The molecule has 2 aromatic rings. The number of hydrogen-bond acceptors (Lipinski definition) is 4. The van der Waals surface area contributed by atoms with Crippen LogP contribution in [0.2, 0.25) is 0 Å². The Balaban J connectivity index is 1.80. The summed E-state index contributed by atoms with van der Waals surface area (Å²) in [6, 6.07) is 7.52. The lowest BCUT2D eigenvalue weighted by Crippen LogP contribution is -2.50. The summed E-state index contributed by atoms with van der Waals surface area (Å²) >= 11 is 0. The molecular weight excluding hydrogens is 330 g/mol. The third-order valence-corrected chi connectivity index (χ3v) is 4.53. The van der Waals surface area contributed by atoms with Crippen molar-refractivity contribution in [3.63, 3.8) is 0 Å². The zero-order valence-electron chi connectivity index (χ0n) is 15.6. The van der Waals surface area contributed by atoms with Crippen LogP contribution in [0, 0.1) is 0 Å². The summed E-state index contributed by atoms with van der Waals surface area (Å²) in [6.07, 6.45) is 3.78. The molecule has 26 heavy (non-hydrogen) atoms. The molecular formula is C19H25N5O2. The fourth-order valence-electron chi connectivity index (χ4n) is 3.19. The molecule has 3 rings (SSSR count). The van der Waals surface area contributed by atoms with E-state index >= 15 is 0 Å². The Hall–Kier alpha value is -2.67. The van der Waals surface area contributed by atoms with Gasteiger partial charge in [0.1, 0.15) is 0 Å². The van der Waals surface area contributed by atoms with Gasteiger partial charge in [0.25, 0.3) is 5.91 Å². The number of amides is 2. The second-order valence-corrected chi connectivity index (χ2v) is 6.85. The lowest BCUT2D eigenvalue weighted by molar-refractivity contribution is -0.130. The summed E-state index contributed by atoms with van der Waals surface area (Å²) in [6.45, 7) is 4.63. The summed E-state index contributed by atoms with van der Waals surface area (Å²) in [4.78, 5) is 30.2. The van der Waals surface area contributed by atoms with Gasteiger partial charge in [0, 0.05) is 51.4 Å². The van der Waals surface area contributed by atoms with Gasteiger partial charge in [-0.1, -0.05) is 12.1 Å². The van der Waals surface area contributed by atoms with Crippen molar-refractivity contribution in [2.24, 2.45) is 0 Å². The van der Waals surface area contributed by atoms with E-state index in [-0.39, 0.29) is 11.8 Å². The van der Waals surface area contributed by atoms with Gasteiger partial charge in [-0.25, -0.2) is 4.68 Å². The SMILES string of the molecule is CC(=O)N1CCN(C(=O)c2ccccc2-n2cc(CN(C)C)cn2)CC1. The highest BCUT2D eigenvalue weighted by Gasteiger charge is 2.25. The van der Waals surface area contributed by atoms with Crippen molar-refractivity contribution in [1.29, 1.82) is 0 Å². The first-order chi connectivity index (χ1) is 12.5. The highest BCUT2D eigenvalue weighted by molar-refractivity contribution is 5.98. The van der Waals surface area contributed by atoms with E-state index in [1.165, 1.54) is 0 Å². The highest BCUT2D eigenvalue weighted by Crippen LogP contribution is 2.18. The summed E-state index contributed by atoms with van der Waals surface area (Å²) < 4.78 is 1.76. The Bertz CT molecular complexity index is 791. The Labute approximate surface area is 153 Å². The van der Waals surface area contributed by atoms with Gasteiger partial charge in [-0.05, 0) is 26.2 Å². The van der Waals surface area contributed by atoms with Crippen LogP contribution in [-0.2, 0) is 11.3 Å². The number of benzene rings is 1. The van der Waals surface area contributed by atoms with Gasteiger partial charge in [0.15, 0.2) is 0 Å². The minimum Gasteiger partial charge on any atom is -0.339 e. The quantitative estimate of drug-likeness (QED) is 0.828. The maximum absolute atomic E-state index is 13.0. The normalized spacial score (nSPS) is 14.8. The average molecular weight is 355 g/mol. The Morgan fingerprint density at radius 1 is 1.08 bits per heavy atom. The monoisotopic (exact) mass is 355 g/mol. The van der Waals surface area contributed by atoms with Crippen molar-refractivity contribution in [2.75, 3.05) is 40.3 Å². The molecule has 0 bridgehead atoms. The molecule has 1 aromatic heterocycles. The fourth-order valence-corrected chi connectivity index (χ4v) is 3.19. The number of para-hydroxylation sites is 1. The first-order valence-electron chi connectivity index (χ1n) is 8.78. The number of rotatable bonds is 4. The van der Waals surface area contributed by atoms with Crippen LogP contribution in [0.15, 0.2) is 36.7 Å². The topological polar surface area (TPSA) is 61.7 Å². The molecule has 1 aliphatic rings. The van der Waals surface area contributed by atoms with E-state index in [9.17, 15) is 9.59 Å². The van der Waals surface area contributed by atoms with Crippen LogP contribution in [0.4, 0.5) is 0 Å². The minimum atomic E-state index is -0.0199. The summed E-state index contributed by atoms with van der Waals surface area (Å²) in [5, 5.41) is 4.43. The Morgan fingerprint density at radius 3 is 2.38 bits per heavy atom. The molecule has 0 unspecified atom stereocenters. The number of carbonyl (C=O) groups is 2. The van der Waals surface area contributed by atoms with Crippen LogP contribution in [0.1, 0.15) is 22.8 Å². The van der Waals surface area contributed by atoms with Crippen molar-refractivity contribution >= 4 is 11.8 Å². The zero-order valence-corrected chi connectivity index (χ0v) is 15.6. The summed E-state index contributed by atoms with van der Waals surface area (Å²) in [5.41, 5.74) is 2.49. The van der Waals surface area contributed by atoms with Crippen LogP contribution in [0.5, 0.6) is 0 Å². The van der Waals surface area contributed by atoms with E-state index in [2.05, 4.69) is 10.00 Å². The molecule has 138 valence electrons. The third-order valence-electron chi connectivity index (χ3n) is 4.53. The molecule has 1 aliphatic heterocycles. The van der Waals surface area contributed by atoms with Gasteiger partial charge >= 0.3 is 0 Å². The number of carbonyl (C=O) groups excluding carboxylic acids is 2.